The molecule has 142 valence electrons. The second-order valence-corrected chi connectivity index (χ2v) is 6.46. The van der Waals surface area contributed by atoms with Crippen LogP contribution >= 0.6 is 0 Å². The molecule has 1 unspecified atom stereocenters. The van der Waals surface area contributed by atoms with Crippen molar-refractivity contribution in [3.63, 3.8) is 0 Å². The summed E-state index contributed by atoms with van der Waals surface area (Å²) in [5, 5.41) is 17.2. The monoisotopic (exact) mass is 377 g/mol. The molecule has 1 aromatic heterocycles. The summed E-state index contributed by atoms with van der Waals surface area (Å²) in [6.45, 7) is 1.78. The van der Waals surface area contributed by atoms with Gasteiger partial charge in [0.05, 0.1) is 12.7 Å². The van der Waals surface area contributed by atoms with Gasteiger partial charge in [0.2, 0.25) is 11.9 Å². The molecule has 8 nitrogen and oxygen atoms in total. The largest absolute Gasteiger partial charge is 0.508 e. The maximum absolute atomic E-state index is 12.2. The van der Waals surface area contributed by atoms with E-state index in [1.165, 1.54) is 0 Å². The first-order valence-corrected chi connectivity index (χ1v) is 8.65. The molecule has 0 saturated heterocycles. The van der Waals surface area contributed by atoms with E-state index in [2.05, 4.69) is 15.4 Å². The zero-order valence-corrected chi connectivity index (χ0v) is 15.4. The summed E-state index contributed by atoms with van der Waals surface area (Å²) in [6, 6.07) is 13.5. The maximum atomic E-state index is 12.2. The zero-order chi connectivity index (χ0) is 19.8. The van der Waals surface area contributed by atoms with E-state index in [0.29, 0.717) is 28.8 Å². The molecular formula is C20H19N5O3. The van der Waals surface area contributed by atoms with Crippen LogP contribution in [0.25, 0.3) is 11.4 Å². The lowest BCUT2D eigenvalue weighted by Gasteiger charge is -2.27. The van der Waals surface area contributed by atoms with Gasteiger partial charge in [-0.15, -0.1) is 5.10 Å². The van der Waals surface area contributed by atoms with Crippen molar-refractivity contribution < 1.29 is 14.6 Å². The Morgan fingerprint density at radius 1 is 1.25 bits per heavy atom. The van der Waals surface area contributed by atoms with Crippen LogP contribution in [0.15, 0.2) is 59.8 Å². The van der Waals surface area contributed by atoms with Gasteiger partial charge in [0.25, 0.3) is 0 Å². The number of carbonyl (C=O) groups excluding carboxylic acids is 1. The van der Waals surface area contributed by atoms with Crippen LogP contribution in [0.1, 0.15) is 18.5 Å². The van der Waals surface area contributed by atoms with Gasteiger partial charge in [0.1, 0.15) is 17.5 Å². The lowest BCUT2D eigenvalue weighted by atomic mass is 9.95. The minimum atomic E-state index is -0.540. The number of allylic oxidation sites excluding steroid dienone is 1. The van der Waals surface area contributed by atoms with Crippen LogP contribution in [-0.4, -0.2) is 32.9 Å². The van der Waals surface area contributed by atoms with E-state index in [4.69, 9.17) is 10.5 Å². The lowest BCUT2D eigenvalue weighted by molar-refractivity contribution is -0.115. The van der Waals surface area contributed by atoms with Gasteiger partial charge in [0.15, 0.2) is 5.82 Å². The van der Waals surface area contributed by atoms with Crippen LogP contribution in [-0.2, 0) is 4.79 Å². The molecule has 1 aliphatic heterocycles. The Morgan fingerprint density at radius 2 is 2.00 bits per heavy atom. The van der Waals surface area contributed by atoms with Gasteiger partial charge in [0, 0.05) is 11.3 Å². The van der Waals surface area contributed by atoms with Crippen LogP contribution in [0, 0.1) is 0 Å². The third kappa shape index (κ3) is 2.94. The van der Waals surface area contributed by atoms with E-state index in [1.807, 2.05) is 24.3 Å². The molecule has 0 spiro atoms. The van der Waals surface area contributed by atoms with Crippen molar-refractivity contribution in [2.45, 2.75) is 13.0 Å². The Balaban J connectivity index is 1.87. The van der Waals surface area contributed by atoms with E-state index >= 15 is 0 Å². The van der Waals surface area contributed by atoms with Crippen molar-refractivity contribution in [1.29, 1.82) is 0 Å². The predicted molar refractivity (Wildman–Crippen MR) is 104 cm³/mol. The molecule has 0 bridgehead atoms. The first-order valence-electron chi connectivity index (χ1n) is 8.65. The molecule has 2 aromatic carbocycles. The minimum absolute atomic E-state index is 0.161. The molecule has 1 atom stereocenters. The van der Waals surface area contributed by atoms with Crippen molar-refractivity contribution in [2.24, 2.45) is 5.73 Å². The Kier molecular flexibility index (Phi) is 4.23. The van der Waals surface area contributed by atoms with Crippen LogP contribution < -0.4 is 15.8 Å². The second-order valence-electron chi connectivity index (χ2n) is 6.46. The van der Waals surface area contributed by atoms with Crippen molar-refractivity contribution in [3.8, 4) is 22.9 Å². The lowest BCUT2D eigenvalue weighted by Crippen LogP contribution is -2.31. The number of carbonyl (C=O) groups is 1. The van der Waals surface area contributed by atoms with E-state index in [-0.39, 0.29) is 5.75 Å². The van der Waals surface area contributed by atoms with Crippen molar-refractivity contribution in [1.82, 2.24) is 14.8 Å². The molecule has 0 saturated carbocycles. The Morgan fingerprint density at radius 3 is 2.68 bits per heavy atom. The zero-order valence-electron chi connectivity index (χ0n) is 15.4. The molecule has 0 radical (unpaired) electrons. The van der Waals surface area contributed by atoms with Gasteiger partial charge in [-0.3, -0.25) is 4.79 Å². The maximum Gasteiger partial charge on any atom is 0.248 e. The summed E-state index contributed by atoms with van der Waals surface area (Å²) in [5.41, 5.74) is 8.26. The molecule has 3 aromatic rings. The van der Waals surface area contributed by atoms with E-state index < -0.39 is 11.9 Å². The standard InChI is InChI=1S/C20H19N5O3/c1-11-16(18(21)27)17(13-4-3-5-15(10-13)28-2)25-20(22-11)23-19(24-25)12-6-8-14(26)9-7-12/h3-10,17,26H,1-2H3,(H2,21,27)(H,22,23,24). The number of primary amides is 1. The molecule has 4 rings (SSSR count). The predicted octanol–water partition coefficient (Wildman–Crippen LogP) is 2.43. The van der Waals surface area contributed by atoms with Crippen LogP contribution in [0.4, 0.5) is 5.95 Å². The number of nitrogens with two attached hydrogens (primary N) is 1. The van der Waals surface area contributed by atoms with Gasteiger partial charge < -0.3 is 20.9 Å². The Bertz CT molecular complexity index is 1090. The highest BCUT2D eigenvalue weighted by atomic mass is 16.5. The number of benzene rings is 2. The minimum Gasteiger partial charge on any atom is -0.508 e. The number of nitrogens with one attached hydrogen (secondary N) is 1. The normalized spacial score (nSPS) is 15.7. The second kappa shape index (κ2) is 6.73. The summed E-state index contributed by atoms with van der Waals surface area (Å²) < 4.78 is 6.97. The molecule has 0 aliphatic carbocycles. The molecule has 8 heteroatoms. The van der Waals surface area contributed by atoms with Crippen molar-refractivity contribution in [2.75, 3.05) is 12.4 Å². The van der Waals surface area contributed by atoms with Crippen molar-refractivity contribution >= 4 is 11.9 Å². The summed E-state index contributed by atoms with van der Waals surface area (Å²) in [6.07, 6.45) is 0. The molecule has 1 amide bonds. The summed E-state index contributed by atoms with van der Waals surface area (Å²) >= 11 is 0. The topological polar surface area (TPSA) is 115 Å². The number of phenolic OH excluding ortho intramolecular Hbond substituents is 1. The number of hydrogen-bond donors (Lipinski definition) is 3. The number of ether oxygens (including phenoxy) is 1. The highest BCUT2D eigenvalue weighted by molar-refractivity contribution is 5.95. The third-order valence-electron chi connectivity index (χ3n) is 4.65. The number of nitrogens with zero attached hydrogens (tertiary/aromatic N) is 3. The molecule has 2 heterocycles. The highest BCUT2D eigenvalue weighted by Gasteiger charge is 2.33. The average molecular weight is 377 g/mol. The summed E-state index contributed by atoms with van der Waals surface area (Å²) in [7, 11) is 1.58. The van der Waals surface area contributed by atoms with Gasteiger partial charge in [-0.1, -0.05) is 12.1 Å². The number of rotatable bonds is 4. The number of methoxy groups -OCH3 is 1. The van der Waals surface area contributed by atoms with Gasteiger partial charge in [-0.2, -0.15) is 4.98 Å². The number of phenols is 1. The van der Waals surface area contributed by atoms with E-state index in [0.717, 1.165) is 11.1 Å². The third-order valence-corrected chi connectivity index (χ3v) is 4.65. The number of aromatic nitrogens is 3. The van der Waals surface area contributed by atoms with E-state index in [1.54, 1.807) is 43.0 Å². The average Bonchev–Trinajstić information content (AvgIpc) is 3.10. The van der Waals surface area contributed by atoms with Crippen LogP contribution in [0.5, 0.6) is 11.5 Å². The highest BCUT2D eigenvalue weighted by Crippen LogP contribution is 2.37. The Hall–Kier alpha value is -3.81. The van der Waals surface area contributed by atoms with Gasteiger partial charge in [-0.25, -0.2) is 4.68 Å². The number of hydrogen-bond acceptors (Lipinski definition) is 6. The molecule has 28 heavy (non-hydrogen) atoms. The van der Waals surface area contributed by atoms with Crippen LogP contribution in [0.2, 0.25) is 0 Å². The first-order chi connectivity index (χ1) is 13.5. The molecule has 1 aliphatic rings. The fourth-order valence-corrected chi connectivity index (χ4v) is 3.32. The molecule has 0 fully saturated rings. The Labute approximate surface area is 161 Å². The molecule has 4 N–H and O–H groups in total. The van der Waals surface area contributed by atoms with Gasteiger partial charge >= 0.3 is 0 Å². The fourth-order valence-electron chi connectivity index (χ4n) is 3.32. The fraction of sp³-hybridized carbons (Fsp3) is 0.150. The van der Waals surface area contributed by atoms with Crippen LogP contribution in [0.3, 0.4) is 0 Å². The quantitative estimate of drug-likeness (QED) is 0.643. The van der Waals surface area contributed by atoms with Gasteiger partial charge in [-0.05, 0) is 48.9 Å². The number of fused-ring (bicyclic) bond motifs is 1. The smallest absolute Gasteiger partial charge is 0.248 e. The number of amides is 1. The summed E-state index contributed by atoms with van der Waals surface area (Å²) in [5.74, 6) is 1.25. The van der Waals surface area contributed by atoms with E-state index in [9.17, 15) is 9.90 Å². The molecular weight excluding hydrogens is 358 g/mol. The van der Waals surface area contributed by atoms with Crippen molar-refractivity contribution in [3.05, 3.63) is 65.4 Å². The number of aromatic hydroxyl groups is 1. The summed E-state index contributed by atoms with van der Waals surface area (Å²) in [4.78, 5) is 16.8. The SMILES string of the molecule is COc1cccc(C2C(C(N)=O)=C(C)Nc3nc(-c4ccc(O)cc4)nn32)c1. The first kappa shape index (κ1) is 17.6. The number of anilines is 1.